The maximum atomic E-state index is 9.57. The van der Waals surface area contributed by atoms with Crippen molar-refractivity contribution < 1.29 is 59.4 Å². The van der Waals surface area contributed by atoms with Crippen molar-refractivity contribution in [1.29, 1.82) is 0 Å². The standard InChI is InChI=1S/2C11H16O.C5H4O.2ClH.Ti/c2*1-8-5-6-10(12)9(7-8)11(2,3)4;1-5-3-2-4-6-5;;;/h2*5-7,12H,1-4H3;1-4H;2*1H;/p-2. The van der Waals surface area contributed by atoms with Gasteiger partial charge in [-0.2, -0.15) is 0 Å². The third-order valence-corrected chi connectivity index (χ3v) is 5.05. The van der Waals surface area contributed by atoms with E-state index in [1.165, 1.54) is 11.1 Å². The molecule has 0 unspecified atom stereocenters. The second-order valence-electron chi connectivity index (χ2n) is 9.70. The Balaban J connectivity index is 0. The molecule has 1 aromatic heterocycles. The summed E-state index contributed by atoms with van der Waals surface area (Å²) in [5, 5.41) is 19.1. The summed E-state index contributed by atoms with van der Waals surface area (Å²) < 4.78 is 6.84. The molecule has 0 bridgehead atoms. The molecule has 2 N–H and O–H groups in total. The van der Waals surface area contributed by atoms with Crippen molar-refractivity contribution in [2.75, 3.05) is 0 Å². The summed E-state index contributed by atoms with van der Waals surface area (Å²) in [6, 6.07) is 15.2. The molecule has 3 aromatic rings. The zero-order valence-electron chi connectivity index (χ0n) is 20.8. The molecule has 1 heterocycles. The number of aromatic hydroxyl groups is 2. The van der Waals surface area contributed by atoms with E-state index in [0.717, 1.165) is 16.9 Å². The van der Waals surface area contributed by atoms with E-state index < -0.39 is 0 Å². The van der Waals surface area contributed by atoms with Gasteiger partial charge in [0.15, 0.2) is 0 Å². The van der Waals surface area contributed by atoms with Gasteiger partial charge in [-0.25, -0.2) is 0 Å². The summed E-state index contributed by atoms with van der Waals surface area (Å²) in [7, 11) is 0. The van der Waals surface area contributed by atoms with Crippen LogP contribution in [0.4, 0.5) is 0 Å². The van der Waals surface area contributed by atoms with Crippen LogP contribution in [-0.4, -0.2) is 14.5 Å². The number of phenolic OH excluding ortho intramolecular Hbond substituents is 2. The first kappa shape index (κ1) is 33.7. The Hall–Kier alpha value is -1.52. The van der Waals surface area contributed by atoms with E-state index in [1.807, 2.05) is 74.5 Å². The van der Waals surface area contributed by atoms with E-state index in [0.29, 0.717) is 11.5 Å². The van der Waals surface area contributed by atoms with Crippen molar-refractivity contribution in [3.05, 3.63) is 82.8 Å². The van der Waals surface area contributed by atoms with Gasteiger partial charge in [-0.3, -0.25) is 0 Å². The minimum absolute atomic E-state index is 0. The Morgan fingerprint density at radius 1 is 0.727 bits per heavy atom. The number of benzene rings is 2. The van der Waals surface area contributed by atoms with Gasteiger partial charge >= 0.3 is 52.9 Å². The number of furan rings is 1. The molecular weight excluding hydrogens is 491 g/mol. The van der Waals surface area contributed by atoms with Gasteiger partial charge in [0.1, 0.15) is 11.5 Å². The summed E-state index contributed by atoms with van der Waals surface area (Å²) >= 11 is 1.94. The van der Waals surface area contributed by atoms with Gasteiger partial charge in [-0.1, -0.05) is 76.9 Å². The summed E-state index contributed by atoms with van der Waals surface area (Å²) in [6.45, 7) is 16.7. The molecule has 0 radical (unpaired) electrons. The number of phenols is 2. The number of rotatable bonds is 1. The molecule has 0 saturated heterocycles. The molecule has 0 aliphatic heterocycles. The first-order valence-corrected chi connectivity index (χ1v) is 11.3. The van der Waals surface area contributed by atoms with Gasteiger partial charge < -0.3 is 35.0 Å². The normalized spacial score (nSPS) is 10.3. The average molecular weight is 527 g/mol. The second-order valence-corrected chi connectivity index (χ2v) is 10.2. The van der Waals surface area contributed by atoms with Crippen LogP contribution in [0.1, 0.15) is 69.6 Å². The molecule has 0 atom stereocenters. The van der Waals surface area contributed by atoms with E-state index in [2.05, 4.69) is 41.5 Å². The Labute approximate surface area is 223 Å². The van der Waals surface area contributed by atoms with Crippen molar-refractivity contribution in [3.8, 4) is 11.5 Å². The second kappa shape index (κ2) is 14.7. The third kappa shape index (κ3) is 12.0. The molecule has 0 spiro atoms. The van der Waals surface area contributed by atoms with E-state index in [9.17, 15) is 10.2 Å². The number of hydrogen-bond acceptors (Lipinski definition) is 3. The Morgan fingerprint density at radius 2 is 1.12 bits per heavy atom. The van der Waals surface area contributed by atoms with Gasteiger partial charge in [-0.15, -0.1) is 0 Å². The number of halogens is 2. The van der Waals surface area contributed by atoms with Crippen LogP contribution in [0.25, 0.3) is 0 Å². The predicted octanol–water partition coefficient (Wildman–Crippen LogP) is 0.981. The monoisotopic (exact) mass is 526 g/mol. The Bertz CT molecular complexity index is 909. The first-order chi connectivity index (χ1) is 14.3. The topological polar surface area (TPSA) is 53.6 Å². The maximum absolute atomic E-state index is 9.57. The summed E-state index contributed by atoms with van der Waals surface area (Å²) in [4.78, 5) is 0. The molecule has 0 saturated carbocycles. The predicted molar refractivity (Wildman–Crippen MR) is 127 cm³/mol. The molecule has 0 fully saturated rings. The van der Waals surface area contributed by atoms with Gasteiger partial charge in [0.05, 0.1) is 0 Å². The van der Waals surface area contributed by atoms with E-state index >= 15 is 0 Å². The third-order valence-electron chi connectivity index (χ3n) is 4.61. The van der Waals surface area contributed by atoms with Gasteiger partial charge in [0.25, 0.3) is 0 Å². The number of aryl methyl sites for hydroxylation is 2. The molecule has 0 aliphatic rings. The van der Waals surface area contributed by atoms with Gasteiger partial charge in [0.2, 0.25) is 0 Å². The zero-order valence-corrected chi connectivity index (χ0v) is 23.9. The molecule has 6 heteroatoms. The van der Waals surface area contributed by atoms with Crippen molar-refractivity contribution in [2.45, 2.75) is 66.2 Å². The van der Waals surface area contributed by atoms with E-state index in [1.54, 1.807) is 18.4 Å². The summed E-state index contributed by atoms with van der Waals surface area (Å²) in [6.07, 6.45) is 1.66. The van der Waals surface area contributed by atoms with Gasteiger partial charge in [0, 0.05) is 0 Å². The first-order valence-electron chi connectivity index (χ1n) is 10.4. The molecule has 0 aliphatic carbocycles. The van der Waals surface area contributed by atoms with Crippen LogP contribution >= 0.6 is 0 Å². The Kier molecular flexibility index (Phi) is 15.0. The van der Waals surface area contributed by atoms with Crippen LogP contribution in [0.5, 0.6) is 11.5 Å². The fourth-order valence-electron chi connectivity index (χ4n) is 2.87. The molecular formula is C27H36Cl2O3Ti-2. The fourth-order valence-corrected chi connectivity index (χ4v) is 3.13. The minimum atomic E-state index is 0. The molecule has 2 aromatic carbocycles. The average Bonchev–Trinajstić information content (AvgIpc) is 3.19. The SMILES string of the molecule is Cc1ccc(O)c(C(C)(C)C)c1.Cc1ccc(O)c(C(C)(C)C)c1.[Cl-].[Cl-].[Ti]=[CH]c1ccco1. The van der Waals surface area contributed by atoms with Crippen LogP contribution in [0.15, 0.2) is 59.2 Å². The van der Waals surface area contributed by atoms with Crippen LogP contribution in [0, 0.1) is 13.8 Å². The Morgan fingerprint density at radius 3 is 1.33 bits per heavy atom. The van der Waals surface area contributed by atoms with Crippen LogP contribution in [0.3, 0.4) is 0 Å². The van der Waals surface area contributed by atoms with Crippen LogP contribution < -0.4 is 24.8 Å². The molecule has 3 nitrogen and oxygen atoms in total. The van der Waals surface area contributed by atoms with Crippen LogP contribution in [-0.2, 0) is 30.8 Å². The van der Waals surface area contributed by atoms with Crippen molar-refractivity contribution in [3.63, 3.8) is 0 Å². The summed E-state index contributed by atoms with van der Waals surface area (Å²) in [5.74, 6) is 1.72. The molecule has 182 valence electrons. The van der Waals surface area contributed by atoms with Crippen LogP contribution in [0.2, 0.25) is 0 Å². The van der Waals surface area contributed by atoms with Gasteiger partial charge in [-0.05, 0) is 47.9 Å². The fraction of sp³-hybridized carbons (Fsp3) is 0.370. The zero-order chi connectivity index (χ0) is 23.8. The van der Waals surface area contributed by atoms with Crippen molar-refractivity contribution in [1.82, 2.24) is 0 Å². The van der Waals surface area contributed by atoms with Crippen molar-refractivity contribution >= 4 is 4.31 Å². The molecule has 0 amide bonds. The molecule has 3 rings (SSSR count). The number of hydrogen-bond donors (Lipinski definition) is 2. The quantitative estimate of drug-likeness (QED) is 0.465. The van der Waals surface area contributed by atoms with Crippen molar-refractivity contribution in [2.24, 2.45) is 0 Å². The van der Waals surface area contributed by atoms with E-state index in [-0.39, 0.29) is 35.6 Å². The summed E-state index contributed by atoms with van der Waals surface area (Å²) in [5.41, 5.74) is 4.46. The molecule has 33 heavy (non-hydrogen) atoms. The van der Waals surface area contributed by atoms with E-state index in [4.69, 9.17) is 4.42 Å².